The molecule has 0 aromatic rings. The molecule has 0 radical (unpaired) electrons. The van der Waals surface area contributed by atoms with Crippen LogP contribution in [0, 0.1) is 5.92 Å². The van der Waals surface area contributed by atoms with Gasteiger partial charge in [0.2, 0.25) is 0 Å². The summed E-state index contributed by atoms with van der Waals surface area (Å²) in [7, 11) is 0. The van der Waals surface area contributed by atoms with Gasteiger partial charge in [0.1, 0.15) is 0 Å². The highest BCUT2D eigenvalue weighted by molar-refractivity contribution is 7.99. The minimum absolute atomic E-state index is 0.165. The molecule has 0 aromatic carbocycles. The van der Waals surface area contributed by atoms with Crippen LogP contribution >= 0.6 is 11.8 Å². The summed E-state index contributed by atoms with van der Waals surface area (Å²) < 4.78 is 0. The molecule has 1 N–H and O–H groups in total. The monoisotopic (exact) mass is 242 g/mol. The number of urea groups is 1. The molecule has 16 heavy (non-hydrogen) atoms. The molecule has 2 rings (SSSR count). The van der Waals surface area contributed by atoms with Crippen molar-refractivity contribution in [3.05, 3.63) is 0 Å². The lowest BCUT2D eigenvalue weighted by molar-refractivity contribution is 0.184. The normalized spacial score (nSPS) is 23.1. The first-order valence-electron chi connectivity index (χ1n) is 6.47. The molecule has 0 spiro atoms. The van der Waals surface area contributed by atoms with Gasteiger partial charge in [0, 0.05) is 19.6 Å². The lowest BCUT2D eigenvalue weighted by Gasteiger charge is -2.28. The van der Waals surface area contributed by atoms with Crippen LogP contribution in [0.2, 0.25) is 0 Å². The Hall–Kier alpha value is -0.380. The van der Waals surface area contributed by atoms with Crippen LogP contribution in [0.5, 0.6) is 0 Å². The molecule has 2 heterocycles. The molecule has 2 aliphatic heterocycles. The summed E-state index contributed by atoms with van der Waals surface area (Å²) in [4.78, 5) is 13.8. The van der Waals surface area contributed by atoms with Crippen molar-refractivity contribution >= 4 is 17.8 Å². The SMILES string of the molecule is O=C(NCC1CCSCC1)N1CCCCC1. The van der Waals surface area contributed by atoms with Crippen LogP contribution in [-0.2, 0) is 0 Å². The smallest absolute Gasteiger partial charge is 0.317 e. The molecule has 2 fully saturated rings. The number of hydrogen-bond donors (Lipinski definition) is 1. The third-order valence-corrected chi connectivity index (χ3v) is 4.57. The molecule has 0 aromatic heterocycles. The lowest BCUT2D eigenvalue weighted by atomic mass is 10.0. The van der Waals surface area contributed by atoms with Crippen molar-refractivity contribution in [3.8, 4) is 0 Å². The maximum Gasteiger partial charge on any atom is 0.317 e. The Morgan fingerprint density at radius 1 is 1.19 bits per heavy atom. The maximum atomic E-state index is 11.9. The summed E-state index contributed by atoms with van der Waals surface area (Å²) in [6.07, 6.45) is 6.17. The standard InChI is InChI=1S/C12H22N2OS/c15-12(14-6-2-1-3-7-14)13-10-11-4-8-16-9-5-11/h11H,1-10H2,(H,13,15). The van der Waals surface area contributed by atoms with Gasteiger partial charge in [-0.1, -0.05) is 0 Å². The Morgan fingerprint density at radius 3 is 2.56 bits per heavy atom. The first-order chi connectivity index (χ1) is 7.86. The number of likely N-dealkylation sites (tertiary alicyclic amines) is 1. The van der Waals surface area contributed by atoms with Gasteiger partial charge >= 0.3 is 6.03 Å². The average Bonchev–Trinajstić information content (AvgIpc) is 2.38. The number of nitrogens with one attached hydrogen (secondary N) is 1. The Balaban J connectivity index is 1.65. The number of carbonyl (C=O) groups is 1. The Labute approximate surface area is 102 Å². The number of carbonyl (C=O) groups excluding carboxylic acids is 1. The van der Waals surface area contributed by atoms with Gasteiger partial charge in [-0.3, -0.25) is 0 Å². The molecule has 0 atom stereocenters. The third-order valence-electron chi connectivity index (χ3n) is 3.53. The largest absolute Gasteiger partial charge is 0.338 e. The van der Waals surface area contributed by atoms with E-state index >= 15 is 0 Å². The van der Waals surface area contributed by atoms with Crippen molar-refractivity contribution in [1.82, 2.24) is 10.2 Å². The first kappa shape index (κ1) is 12.1. The molecular formula is C12H22N2OS. The van der Waals surface area contributed by atoms with Gasteiger partial charge in [-0.2, -0.15) is 11.8 Å². The summed E-state index contributed by atoms with van der Waals surface area (Å²) in [5, 5.41) is 3.10. The van der Waals surface area contributed by atoms with Crippen LogP contribution in [0.25, 0.3) is 0 Å². The van der Waals surface area contributed by atoms with Crippen LogP contribution in [0.15, 0.2) is 0 Å². The van der Waals surface area contributed by atoms with Gasteiger partial charge in [0.25, 0.3) is 0 Å². The second kappa shape index (κ2) is 6.38. The molecule has 2 saturated heterocycles. The predicted molar refractivity (Wildman–Crippen MR) is 68.9 cm³/mol. The van der Waals surface area contributed by atoms with E-state index in [9.17, 15) is 4.79 Å². The van der Waals surface area contributed by atoms with Crippen molar-refractivity contribution in [3.63, 3.8) is 0 Å². The molecular weight excluding hydrogens is 220 g/mol. The van der Waals surface area contributed by atoms with Crippen LogP contribution in [0.4, 0.5) is 4.79 Å². The summed E-state index contributed by atoms with van der Waals surface area (Å²) in [5.74, 6) is 3.25. The summed E-state index contributed by atoms with van der Waals surface area (Å²) in [6.45, 7) is 2.79. The van der Waals surface area contributed by atoms with Gasteiger partial charge in [-0.25, -0.2) is 4.79 Å². The van der Waals surface area contributed by atoms with Gasteiger partial charge in [0.05, 0.1) is 0 Å². The lowest BCUT2D eigenvalue weighted by Crippen LogP contribution is -2.44. The Kier molecular flexibility index (Phi) is 4.82. The second-order valence-electron chi connectivity index (χ2n) is 4.79. The quantitative estimate of drug-likeness (QED) is 0.806. The number of hydrogen-bond acceptors (Lipinski definition) is 2. The minimum atomic E-state index is 0.165. The third kappa shape index (κ3) is 3.58. The number of amides is 2. The van der Waals surface area contributed by atoms with Crippen molar-refractivity contribution in [2.24, 2.45) is 5.92 Å². The van der Waals surface area contributed by atoms with E-state index in [4.69, 9.17) is 0 Å². The molecule has 0 aliphatic carbocycles. The Bertz CT molecular complexity index is 223. The van der Waals surface area contributed by atoms with Crippen LogP contribution in [-0.4, -0.2) is 42.1 Å². The summed E-state index contributed by atoms with van der Waals surface area (Å²) >= 11 is 2.04. The van der Waals surface area contributed by atoms with Gasteiger partial charge in [-0.05, 0) is 49.5 Å². The van der Waals surface area contributed by atoms with Crippen molar-refractivity contribution in [2.75, 3.05) is 31.1 Å². The van der Waals surface area contributed by atoms with Crippen molar-refractivity contribution < 1.29 is 4.79 Å². The predicted octanol–water partition coefficient (Wildman–Crippen LogP) is 2.33. The molecule has 0 unspecified atom stereocenters. The fraction of sp³-hybridized carbons (Fsp3) is 0.917. The van der Waals surface area contributed by atoms with Crippen molar-refractivity contribution in [2.45, 2.75) is 32.1 Å². The van der Waals surface area contributed by atoms with Gasteiger partial charge < -0.3 is 10.2 Å². The molecule has 0 bridgehead atoms. The molecule has 2 aliphatic rings. The average molecular weight is 242 g/mol. The highest BCUT2D eigenvalue weighted by Crippen LogP contribution is 2.21. The van der Waals surface area contributed by atoms with Gasteiger partial charge in [0.15, 0.2) is 0 Å². The maximum absolute atomic E-state index is 11.9. The zero-order valence-electron chi connectivity index (χ0n) is 9.91. The molecule has 92 valence electrons. The van der Waals surface area contributed by atoms with E-state index in [-0.39, 0.29) is 6.03 Å². The second-order valence-corrected chi connectivity index (χ2v) is 6.01. The van der Waals surface area contributed by atoms with Crippen LogP contribution in [0.1, 0.15) is 32.1 Å². The molecule has 3 nitrogen and oxygen atoms in total. The minimum Gasteiger partial charge on any atom is -0.338 e. The van der Waals surface area contributed by atoms with E-state index in [1.54, 1.807) is 0 Å². The molecule has 0 saturated carbocycles. The zero-order valence-corrected chi connectivity index (χ0v) is 10.7. The van der Waals surface area contributed by atoms with E-state index in [0.717, 1.165) is 25.6 Å². The van der Waals surface area contributed by atoms with E-state index < -0.39 is 0 Å². The molecule has 2 amide bonds. The number of piperidine rings is 1. The van der Waals surface area contributed by atoms with Crippen LogP contribution < -0.4 is 5.32 Å². The van der Waals surface area contributed by atoms with E-state index in [1.165, 1.54) is 43.6 Å². The van der Waals surface area contributed by atoms with E-state index in [1.807, 2.05) is 16.7 Å². The van der Waals surface area contributed by atoms with E-state index in [2.05, 4.69) is 5.32 Å². The van der Waals surface area contributed by atoms with E-state index in [0.29, 0.717) is 0 Å². The fourth-order valence-electron chi connectivity index (χ4n) is 2.39. The topological polar surface area (TPSA) is 32.3 Å². The van der Waals surface area contributed by atoms with Crippen LogP contribution in [0.3, 0.4) is 0 Å². The molecule has 4 heteroatoms. The zero-order chi connectivity index (χ0) is 11.2. The number of thioether (sulfide) groups is 1. The first-order valence-corrected chi connectivity index (χ1v) is 7.62. The number of rotatable bonds is 2. The summed E-state index contributed by atoms with van der Waals surface area (Å²) in [6, 6.07) is 0.165. The highest BCUT2D eigenvalue weighted by Gasteiger charge is 2.18. The van der Waals surface area contributed by atoms with Gasteiger partial charge in [-0.15, -0.1) is 0 Å². The Morgan fingerprint density at radius 2 is 1.88 bits per heavy atom. The fourth-order valence-corrected chi connectivity index (χ4v) is 3.60. The van der Waals surface area contributed by atoms with Crippen molar-refractivity contribution in [1.29, 1.82) is 0 Å². The highest BCUT2D eigenvalue weighted by atomic mass is 32.2. The number of nitrogens with zero attached hydrogens (tertiary/aromatic N) is 1. The summed E-state index contributed by atoms with van der Waals surface area (Å²) in [5.41, 5.74) is 0.